The Morgan fingerprint density at radius 2 is 1.71 bits per heavy atom. The molecule has 1 aliphatic carbocycles. The fourth-order valence-electron chi connectivity index (χ4n) is 1.46. The molecule has 1 nitrogen and oxygen atoms in total. The number of hydrogen-bond acceptors (Lipinski definition) is 0. The SMILES string of the molecule is C1CCC2(C1)C[N]2. The van der Waals surface area contributed by atoms with Gasteiger partial charge < -0.3 is 0 Å². The monoisotopic (exact) mass is 96.1 g/mol. The summed E-state index contributed by atoms with van der Waals surface area (Å²) in [6.07, 6.45) is 5.66. The van der Waals surface area contributed by atoms with Crippen LogP contribution in [0.25, 0.3) is 0 Å². The maximum Gasteiger partial charge on any atom is 0.0498 e. The summed E-state index contributed by atoms with van der Waals surface area (Å²) >= 11 is 0. The van der Waals surface area contributed by atoms with E-state index in [4.69, 9.17) is 0 Å². The van der Waals surface area contributed by atoms with Crippen molar-refractivity contribution in [2.75, 3.05) is 6.54 Å². The first kappa shape index (κ1) is 3.90. The molecule has 1 heteroatoms. The number of rotatable bonds is 0. The van der Waals surface area contributed by atoms with Crippen LogP contribution in [0.5, 0.6) is 0 Å². The Balaban J connectivity index is 2.07. The van der Waals surface area contributed by atoms with Gasteiger partial charge in [-0.05, 0) is 12.8 Å². The Bertz CT molecular complexity index is 76.2. The Morgan fingerprint density at radius 3 is 2.00 bits per heavy atom. The lowest BCUT2D eigenvalue weighted by Gasteiger charge is -1.94. The molecule has 1 saturated heterocycles. The normalized spacial score (nSPS) is 34.3. The predicted molar refractivity (Wildman–Crippen MR) is 28.2 cm³/mol. The molecular weight excluding hydrogens is 86.1 g/mol. The van der Waals surface area contributed by atoms with Gasteiger partial charge in [-0.2, -0.15) is 0 Å². The standard InChI is InChI=1S/C6H10N/c1-2-4-6(3-1)5-7-6/h1-5H2. The van der Waals surface area contributed by atoms with Crippen LogP contribution in [0.15, 0.2) is 0 Å². The van der Waals surface area contributed by atoms with E-state index >= 15 is 0 Å². The molecule has 0 aromatic heterocycles. The van der Waals surface area contributed by atoms with Gasteiger partial charge in [0.2, 0.25) is 0 Å². The minimum Gasteiger partial charge on any atom is -0.232 e. The molecule has 0 unspecified atom stereocenters. The summed E-state index contributed by atoms with van der Waals surface area (Å²) in [6, 6.07) is 0. The lowest BCUT2D eigenvalue weighted by atomic mass is 10.1. The molecule has 0 aromatic carbocycles. The minimum atomic E-state index is 0.569. The van der Waals surface area contributed by atoms with Crippen LogP contribution in [0.3, 0.4) is 0 Å². The third-order valence-corrected chi connectivity index (χ3v) is 2.14. The zero-order chi connectivity index (χ0) is 4.74. The average Bonchev–Trinajstić information content (AvgIpc) is 2.15. The number of hydrogen-bond donors (Lipinski definition) is 0. The molecule has 1 saturated carbocycles. The van der Waals surface area contributed by atoms with Crippen molar-refractivity contribution in [2.24, 2.45) is 0 Å². The van der Waals surface area contributed by atoms with Crippen LogP contribution in [0, 0.1) is 0 Å². The second kappa shape index (κ2) is 1.03. The van der Waals surface area contributed by atoms with Crippen molar-refractivity contribution in [3.63, 3.8) is 0 Å². The Morgan fingerprint density at radius 1 is 1.14 bits per heavy atom. The molecule has 0 atom stereocenters. The molecule has 0 N–H and O–H groups in total. The van der Waals surface area contributed by atoms with Gasteiger partial charge in [-0.25, -0.2) is 5.32 Å². The van der Waals surface area contributed by atoms with Crippen molar-refractivity contribution >= 4 is 0 Å². The molecule has 1 aliphatic heterocycles. The molecule has 0 aromatic rings. The predicted octanol–water partition coefficient (Wildman–Crippen LogP) is 0.917. The highest BCUT2D eigenvalue weighted by Crippen LogP contribution is 2.38. The zero-order valence-corrected chi connectivity index (χ0v) is 4.48. The van der Waals surface area contributed by atoms with Crippen LogP contribution in [0.2, 0.25) is 0 Å². The summed E-state index contributed by atoms with van der Waals surface area (Å²) in [5.74, 6) is 0. The van der Waals surface area contributed by atoms with E-state index in [1.807, 2.05) is 0 Å². The van der Waals surface area contributed by atoms with Crippen molar-refractivity contribution < 1.29 is 0 Å². The van der Waals surface area contributed by atoms with Crippen LogP contribution >= 0.6 is 0 Å². The van der Waals surface area contributed by atoms with Gasteiger partial charge in [0.1, 0.15) is 0 Å². The fourth-order valence-corrected chi connectivity index (χ4v) is 1.46. The summed E-state index contributed by atoms with van der Waals surface area (Å²) in [6.45, 7) is 1.19. The Kier molecular flexibility index (Phi) is 0.571. The van der Waals surface area contributed by atoms with Crippen LogP contribution in [-0.4, -0.2) is 12.1 Å². The van der Waals surface area contributed by atoms with Crippen molar-refractivity contribution in [1.29, 1.82) is 0 Å². The third kappa shape index (κ3) is 0.480. The van der Waals surface area contributed by atoms with Crippen molar-refractivity contribution in [3.8, 4) is 0 Å². The Hall–Kier alpha value is -0.0400. The van der Waals surface area contributed by atoms with E-state index in [9.17, 15) is 0 Å². The van der Waals surface area contributed by atoms with E-state index in [1.165, 1.54) is 32.2 Å². The van der Waals surface area contributed by atoms with E-state index in [2.05, 4.69) is 5.32 Å². The van der Waals surface area contributed by atoms with E-state index in [0.29, 0.717) is 5.54 Å². The lowest BCUT2D eigenvalue weighted by molar-refractivity contribution is 0.652. The molecular formula is C6H10N. The van der Waals surface area contributed by atoms with Crippen molar-refractivity contribution in [3.05, 3.63) is 0 Å². The van der Waals surface area contributed by atoms with Gasteiger partial charge in [0.05, 0.1) is 0 Å². The topological polar surface area (TPSA) is 14.1 Å². The molecule has 2 fully saturated rings. The average molecular weight is 96.2 g/mol. The first-order chi connectivity index (χ1) is 3.41. The van der Waals surface area contributed by atoms with E-state index in [-0.39, 0.29) is 0 Å². The van der Waals surface area contributed by atoms with Gasteiger partial charge in [0, 0.05) is 12.1 Å². The largest absolute Gasteiger partial charge is 0.232 e. The van der Waals surface area contributed by atoms with Crippen LogP contribution in [0.1, 0.15) is 25.7 Å². The quantitative estimate of drug-likeness (QED) is 0.398. The van der Waals surface area contributed by atoms with E-state index < -0.39 is 0 Å². The molecule has 2 rings (SSSR count). The molecule has 1 heterocycles. The summed E-state index contributed by atoms with van der Waals surface area (Å²) in [5, 5.41) is 4.33. The highest BCUT2D eigenvalue weighted by atomic mass is 15.2. The van der Waals surface area contributed by atoms with E-state index in [1.54, 1.807) is 0 Å². The van der Waals surface area contributed by atoms with Crippen molar-refractivity contribution in [1.82, 2.24) is 5.32 Å². The smallest absolute Gasteiger partial charge is 0.0498 e. The highest BCUT2D eigenvalue weighted by Gasteiger charge is 2.45. The van der Waals surface area contributed by atoms with Crippen LogP contribution < -0.4 is 5.32 Å². The summed E-state index contributed by atoms with van der Waals surface area (Å²) in [4.78, 5) is 0. The molecule has 39 valence electrons. The van der Waals surface area contributed by atoms with Gasteiger partial charge in [0.25, 0.3) is 0 Å². The molecule has 1 spiro atoms. The minimum absolute atomic E-state index is 0.569. The van der Waals surface area contributed by atoms with E-state index in [0.717, 1.165) is 0 Å². The first-order valence-electron chi connectivity index (χ1n) is 3.10. The zero-order valence-electron chi connectivity index (χ0n) is 4.48. The summed E-state index contributed by atoms with van der Waals surface area (Å²) in [7, 11) is 0. The molecule has 7 heavy (non-hydrogen) atoms. The van der Waals surface area contributed by atoms with Gasteiger partial charge in [-0.3, -0.25) is 0 Å². The van der Waals surface area contributed by atoms with Gasteiger partial charge >= 0.3 is 0 Å². The van der Waals surface area contributed by atoms with Gasteiger partial charge in [-0.15, -0.1) is 0 Å². The number of nitrogens with zero attached hydrogens (tertiary/aromatic N) is 1. The Labute approximate surface area is 44.1 Å². The second-order valence-electron chi connectivity index (χ2n) is 2.75. The van der Waals surface area contributed by atoms with Crippen LogP contribution in [0.4, 0.5) is 0 Å². The molecule has 2 aliphatic rings. The maximum atomic E-state index is 4.33. The highest BCUT2D eigenvalue weighted by molar-refractivity contribution is 5.05. The van der Waals surface area contributed by atoms with Gasteiger partial charge in [-0.1, -0.05) is 12.8 Å². The van der Waals surface area contributed by atoms with Crippen molar-refractivity contribution in [2.45, 2.75) is 31.2 Å². The third-order valence-electron chi connectivity index (χ3n) is 2.14. The lowest BCUT2D eigenvalue weighted by Crippen LogP contribution is -2.03. The molecule has 0 amide bonds. The fraction of sp³-hybridized carbons (Fsp3) is 1.00. The summed E-state index contributed by atoms with van der Waals surface area (Å²) in [5.41, 5.74) is 0.569. The molecule has 1 radical (unpaired) electrons. The summed E-state index contributed by atoms with van der Waals surface area (Å²) < 4.78 is 0. The first-order valence-corrected chi connectivity index (χ1v) is 3.10. The van der Waals surface area contributed by atoms with Gasteiger partial charge in [0.15, 0.2) is 0 Å². The second-order valence-corrected chi connectivity index (χ2v) is 2.75. The van der Waals surface area contributed by atoms with Crippen LogP contribution in [-0.2, 0) is 0 Å². The molecule has 0 bridgehead atoms. The maximum absolute atomic E-state index is 4.33.